The summed E-state index contributed by atoms with van der Waals surface area (Å²) >= 11 is 0. The highest BCUT2D eigenvalue weighted by molar-refractivity contribution is 5.69. The van der Waals surface area contributed by atoms with E-state index >= 15 is 0 Å². The standard InChI is InChI=1S/C18H24O2.C7H12O2/c1-18-9-8-14-13-5-3-12(19)10-11(13)2-4-15(14)16(18)6-7-17(18)20;8-7(9)6-4-2-1-3-5-6/h3,5,10,14-17,19-20H,2,4,6-9H2,1H3;6H,1-5H2,(H,8,9)/t14-,15-,16+,17+,18+;/m1./s1. The quantitative estimate of drug-likeness (QED) is 0.601. The topological polar surface area (TPSA) is 77.8 Å². The van der Waals surface area contributed by atoms with E-state index in [2.05, 4.69) is 13.0 Å². The highest BCUT2D eigenvalue weighted by Gasteiger charge is 2.54. The molecule has 4 nitrogen and oxygen atoms in total. The molecule has 3 fully saturated rings. The van der Waals surface area contributed by atoms with Crippen LogP contribution in [0.15, 0.2) is 18.2 Å². The van der Waals surface area contributed by atoms with Crippen LogP contribution in [0.1, 0.15) is 88.2 Å². The molecule has 0 spiro atoms. The number of phenolic OH excluding ortho intramolecular Hbond substituents is 1. The van der Waals surface area contributed by atoms with Gasteiger partial charge in [0, 0.05) is 0 Å². The second-order valence-corrected chi connectivity index (χ2v) is 10.1. The maximum atomic E-state index is 10.4. The molecule has 3 saturated carbocycles. The molecule has 4 aliphatic carbocycles. The number of fused-ring (bicyclic) bond motifs is 5. The Bertz CT molecular complexity index is 738. The number of benzene rings is 1. The van der Waals surface area contributed by atoms with Gasteiger partial charge in [-0.3, -0.25) is 4.79 Å². The lowest BCUT2D eigenvalue weighted by Gasteiger charge is -2.50. The summed E-state index contributed by atoms with van der Waals surface area (Å²) in [4.78, 5) is 10.4. The molecule has 0 saturated heterocycles. The predicted octanol–water partition coefficient (Wildman–Crippen LogP) is 5.26. The van der Waals surface area contributed by atoms with E-state index in [0.29, 0.717) is 17.6 Å². The van der Waals surface area contributed by atoms with Crippen LogP contribution in [0.3, 0.4) is 0 Å². The van der Waals surface area contributed by atoms with E-state index in [1.54, 1.807) is 0 Å². The average molecular weight is 401 g/mol. The third-order valence-electron chi connectivity index (χ3n) is 8.61. The van der Waals surface area contributed by atoms with E-state index < -0.39 is 5.97 Å². The molecule has 0 radical (unpaired) electrons. The number of carboxylic acid groups (broad SMARTS) is 1. The highest BCUT2D eigenvalue weighted by atomic mass is 16.4. The summed E-state index contributed by atoms with van der Waals surface area (Å²) in [6.07, 6.45) is 12.0. The number of hydrogen-bond acceptors (Lipinski definition) is 3. The average Bonchev–Trinajstić information content (AvgIpc) is 3.03. The van der Waals surface area contributed by atoms with E-state index in [9.17, 15) is 15.0 Å². The summed E-state index contributed by atoms with van der Waals surface area (Å²) in [7, 11) is 0. The van der Waals surface area contributed by atoms with Gasteiger partial charge < -0.3 is 15.3 Å². The molecule has 0 bridgehead atoms. The zero-order valence-electron chi connectivity index (χ0n) is 17.6. The molecule has 1 aromatic rings. The summed E-state index contributed by atoms with van der Waals surface area (Å²) in [5.74, 6) is 1.86. The molecule has 3 N–H and O–H groups in total. The minimum absolute atomic E-state index is 0.0289. The Morgan fingerprint density at radius 2 is 1.79 bits per heavy atom. The predicted molar refractivity (Wildman–Crippen MR) is 113 cm³/mol. The van der Waals surface area contributed by atoms with Gasteiger partial charge in [-0.25, -0.2) is 0 Å². The van der Waals surface area contributed by atoms with Crippen molar-refractivity contribution in [2.45, 2.75) is 89.6 Å². The fraction of sp³-hybridized carbons (Fsp3) is 0.720. The molecule has 0 heterocycles. The van der Waals surface area contributed by atoms with Gasteiger partial charge in [0.2, 0.25) is 0 Å². The molecule has 0 aromatic heterocycles. The van der Waals surface area contributed by atoms with Gasteiger partial charge in [0.15, 0.2) is 0 Å². The second kappa shape index (κ2) is 8.29. The molecule has 5 rings (SSSR count). The lowest BCUT2D eigenvalue weighted by Crippen LogP contribution is -2.43. The van der Waals surface area contributed by atoms with E-state index in [1.807, 2.05) is 12.1 Å². The van der Waals surface area contributed by atoms with E-state index in [4.69, 9.17) is 5.11 Å². The summed E-state index contributed by atoms with van der Waals surface area (Å²) < 4.78 is 0. The highest BCUT2D eigenvalue weighted by Crippen LogP contribution is 2.60. The molecule has 0 unspecified atom stereocenters. The van der Waals surface area contributed by atoms with Crippen molar-refractivity contribution in [1.82, 2.24) is 0 Å². The monoisotopic (exact) mass is 400 g/mol. The number of carbonyl (C=O) groups is 1. The lowest BCUT2D eigenvalue weighted by molar-refractivity contribution is -0.142. The maximum absolute atomic E-state index is 10.4. The molecule has 4 aliphatic rings. The molecular formula is C25H36O4. The van der Waals surface area contributed by atoms with Crippen molar-refractivity contribution in [1.29, 1.82) is 0 Å². The number of rotatable bonds is 1. The Morgan fingerprint density at radius 3 is 2.48 bits per heavy atom. The van der Waals surface area contributed by atoms with Gasteiger partial charge in [0.05, 0.1) is 12.0 Å². The molecule has 4 heteroatoms. The van der Waals surface area contributed by atoms with E-state index in [-0.39, 0.29) is 17.4 Å². The van der Waals surface area contributed by atoms with Gasteiger partial charge in [-0.1, -0.05) is 32.3 Å². The van der Waals surface area contributed by atoms with Crippen LogP contribution in [0.2, 0.25) is 0 Å². The van der Waals surface area contributed by atoms with E-state index in [0.717, 1.165) is 50.9 Å². The Kier molecular flexibility index (Phi) is 5.92. The Balaban J connectivity index is 0.000000192. The van der Waals surface area contributed by atoms with Crippen LogP contribution in [0.5, 0.6) is 5.75 Å². The van der Waals surface area contributed by atoms with Gasteiger partial charge >= 0.3 is 5.97 Å². The molecule has 1 aromatic carbocycles. The summed E-state index contributed by atoms with van der Waals surface area (Å²) in [5, 5.41) is 28.6. The van der Waals surface area contributed by atoms with Crippen molar-refractivity contribution < 1.29 is 20.1 Å². The molecule has 5 atom stereocenters. The lowest BCUT2D eigenvalue weighted by atomic mass is 9.55. The maximum Gasteiger partial charge on any atom is 0.306 e. The number of aliphatic carboxylic acids is 1. The fourth-order valence-electron chi connectivity index (χ4n) is 6.89. The normalized spacial score (nSPS) is 36.2. The van der Waals surface area contributed by atoms with Crippen LogP contribution < -0.4 is 0 Å². The number of aryl methyl sites for hydroxylation is 1. The molecule has 160 valence electrons. The van der Waals surface area contributed by atoms with Crippen LogP contribution in [0.4, 0.5) is 0 Å². The Hall–Kier alpha value is -1.55. The number of hydrogen-bond donors (Lipinski definition) is 3. The summed E-state index contributed by atoms with van der Waals surface area (Å²) in [6, 6.07) is 5.96. The van der Waals surface area contributed by atoms with Crippen molar-refractivity contribution in [3.8, 4) is 5.75 Å². The first-order valence-corrected chi connectivity index (χ1v) is 11.6. The third kappa shape index (κ3) is 3.93. The number of phenols is 1. The zero-order valence-corrected chi connectivity index (χ0v) is 17.6. The van der Waals surface area contributed by atoms with Gasteiger partial charge in [-0.05, 0) is 97.8 Å². The smallest absolute Gasteiger partial charge is 0.306 e. The van der Waals surface area contributed by atoms with Crippen molar-refractivity contribution in [2.24, 2.45) is 23.2 Å². The van der Waals surface area contributed by atoms with Crippen LogP contribution >= 0.6 is 0 Å². The number of aliphatic hydroxyl groups excluding tert-OH is 1. The van der Waals surface area contributed by atoms with Gasteiger partial charge in [0.25, 0.3) is 0 Å². The minimum Gasteiger partial charge on any atom is -0.508 e. The van der Waals surface area contributed by atoms with Crippen LogP contribution in [0, 0.1) is 23.2 Å². The zero-order chi connectivity index (χ0) is 20.6. The van der Waals surface area contributed by atoms with Crippen molar-refractivity contribution >= 4 is 5.97 Å². The Morgan fingerprint density at radius 1 is 1.03 bits per heavy atom. The van der Waals surface area contributed by atoms with Crippen molar-refractivity contribution in [3.63, 3.8) is 0 Å². The first-order valence-electron chi connectivity index (χ1n) is 11.6. The number of aromatic hydroxyl groups is 1. The van der Waals surface area contributed by atoms with Crippen LogP contribution in [0.25, 0.3) is 0 Å². The Labute approximate surface area is 174 Å². The van der Waals surface area contributed by atoms with Gasteiger partial charge in [-0.2, -0.15) is 0 Å². The summed E-state index contributed by atoms with van der Waals surface area (Å²) in [5.41, 5.74) is 2.99. The second-order valence-electron chi connectivity index (χ2n) is 10.1. The molecule has 29 heavy (non-hydrogen) atoms. The number of carboxylic acids is 1. The van der Waals surface area contributed by atoms with Crippen molar-refractivity contribution in [3.05, 3.63) is 29.3 Å². The SMILES string of the molecule is C[C@]12CC[C@@H]3c4ccc(O)cc4CC[C@H]3[C@@H]1CC[C@@H]2O.O=C(O)C1CCCCC1. The summed E-state index contributed by atoms with van der Waals surface area (Å²) in [6.45, 7) is 2.32. The van der Waals surface area contributed by atoms with Crippen molar-refractivity contribution in [2.75, 3.05) is 0 Å². The fourth-order valence-corrected chi connectivity index (χ4v) is 6.89. The number of aliphatic hydroxyl groups is 1. The van der Waals surface area contributed by atoms with Gasteiger partial charge in [0.1, 0.15) is 5.75 Å². The molecule has 0 aliphatic heterocycles. The van der Waals surface area contributed by atoms with Gasteiger partial charge in [-0.15, -0.1) is 0 Å². The molecular weight excluding hydrogens is 364 g/mol. The molecule has 0 amide bonds. The minimum atomic E-state index is -0.602. The first-order chi connectivity index (χ1) is 13.9. The largest absolute Gasteiger partial charge is 0.508 e. The van der Waals surface area contributed by atoms with E-state index in [1.165, 1.54) is 36.8 Å². The first kappa shape index (κ1) is 20.7. The van der Waals surface area contributed by atoms with Crippen LogP contribution in [-0.2, 0) is 11.2 Å². The van der Waals surface area contributed by atoms with Crippen LogP contribution in [-0.4, -0.2) is 27.4 Å². The third-order valence-corrected chi connectivity index (χ3v) is 8.61.